The Morgan fingerprint density at radius 2 is 2.00 bits per heavy atom. The summed E-state index contributed by atoms with van der Waals surface area (Å²) in [5, 5.41) is 3.52. The Hall–Kier alpha value is -0.570. The number of hydrogen-bond acceptors (Lipinski definition) is 2. The molecule has 1 saturated carbocycles. The van der Waals surface area contributed by atoms with Gasteiger partial charge in [-0.1, -0.05) is 26.2 Å². The molecule has 0 aromatic heterocycles. The van der Waals surface area contributed by atoms with E-state index in [4.69, 9.17) is 0 Å². The zero-order valence-corrected chi connectivity index (χ0v) is 10.9. The van der Waals surface area contributed by atoms with Crippen LogP contribution in [-0.2, 0) is 4.79 Å². The van der Waals surface area contributed by atoms with Crippen molar-refractivity contribution in [3.63, 3.8) is 0 Å². The molecule has 96 valence electrons. The van der Waals surface area contributed by atoms with E-state index in [1.807, 2.05) is 0 Å². The van der Waals surface area contributed by atoms with E-state index in [0.29, 0.717) is 11.9 Å². The Balaban J connectivity index is 1.66. The fraction of sp³-hybridized carbons (Fsp3) is 0.929. The van der Waals surface area contributed by atoms with Gasteiger partial charge in [-0.2, -0.15) is 0 Å². The minimum Gasteiger partial charge on any atom is -0.340 e. The highest BCUT2D eigenvalue weighted by Crippen LogP contribution is 2.39. The smallest absolute Gasteiger partial charge is 0.228 e. The van der Waals surface area contributed by atoms with Gasteiger partial charge in [0.25, 0.3) is 0 Å². The number of nitrogens with zero attached hydrogens (tertiary/aromatic N) is 1. The number of fused-ring (bicyclic) bond motifs is 1. The molecule has 2 saturated heterocycles. The third-order valence-corrected chi connectivity index (χ3v) is 5.12. The number of likely N-dealkylation sites (tertiary alicyclic amines) is 1. The molecule has 3 heteroatoms. The summed E-state index contributed by atoms with van der Waals surface area (Å²) in [5.74, 6) is 1.17. The van der Waals surface area contributed by atoms with Gasteiger partial charge in [0.15, 0.2) is 0 Å². The molecule has 1 aliphatic carbocycles. The zero-order valence-electron chi connectivity index (χ0n) is 10.9. The molecule has 17 heavy (non-hydrogen) atoms. The summed E-state index contributed by atoms with van der Waals surface area (Å²) in [4.78, 5) is 14.8. The largest absolute Gasteiger partial charge is 0.340 e. The number of carbonyl (C=O) groups excluding carboxylic acids is 1. The first-order valence-electron chi connectivity index (χ1n) is 7.22. The molecular formula is C14H24N2O. The van der Waals surface area contributed by atoms with Crippen molar-refractivity contribution < 1.29 is 4.79 Å². The highest BCUT2D eigenvalue weighted by atomic mass is 16.2. The number of carbonyl (C=O) groups is 1. The van der Waals surface area contributed by atoms with Gasteiger partial charge in [0.1, 0.15) is 0 Å². The van der Waals surface area contributed by atoms with Crippen LogP contribution in [0.15, 0.2) is 0 Å². The fourth-order valence-corrected chi connectivity index (χ4v) is 3.94. The molecule has 0 unspecified atom stereocenters. The molecule has 3 aliphatic rings. The third kappa shape index (κ3) is 1.99. The second-order valence-electron chi connectivity index (χ2n) is 6.44. The van der Waals surface area contributed by atoms with Crippen LogP contribution >= 0.6 is 0 Å². The summed E-state index contributed by atoms with van der Waals surface area (Å²) in [6.45, 7) is 5.30. The van der Waals surface area contributed by atoms with Crippen molar-refractivity contribution in [3.8, 4) is 0 Å². The van der Waals surface area contributed by atoms with Crippen molar-refractivity contribution >= 4 is 5.91 Å². The summed E-state index contributed by atoms with van der Waals surface area (Å²) in [6, 6.07) is 0.589. The first kappa shape index (κ1) is 11.5. The van der Waals surface area contributed by atoms with Crippen LogP contribution in [0, 0.1) is 11.3 Å². The van der Waals surface area contributed by atoms with E-state index in [0.717, 1.165) is 38.4 Å². The average Bonchev–Trinajstić information content (AvgIpc) is 2.89. The lowest BCUT2D eigenvalue weighted by Crippen LogP contribution is -2.43. The number of amides is 1. The van der Waals surface area contributed by atoms with Gasteiger partial charge in [-0.15, -0.1) is 0 Å². The molecular weight excluding hydrogens is 212 g/mol. The number of rotatable bonds is 1. The molecule has 0 aromatic rings. The molecule has 1 N–H and O–H groups in total. The number of hydrogen-bond donors (Lipinski definition) is 1. The second kappa shape index (κ2) is 4.27. The Morgan fingerprint density at radius 3 is 2.71 bits per heavy atom. The minimum atomic E-state index is -0.0448. The molecule has 3 nitrogen and oxygen atoms in total. The predicted octanol–water partition coefficient (Wildman–Crippen LogP) is 1.78. The lowest BCUT2D eigenvalue weighted by molar-refractivity contribution is -0.142. The van der Waals surface area contributed by atoms with Gasteiger partial charge in [-0.05, 0) is 31.7 Å². The first-order valence-corrected chi connectivity index (χ1v) is 7.22. The van der Waals surface area contributed by atoms with E-state index in [1.54, 1.807) is 0 Å². The molecule has 0 spiro atoms. The van der Waals surface area contributed by atoms with Crippen LogP contribution in [-0.4, -0.2) is 36.5 Å². The van der Waals surface area contributed by atoms with Crippen LogP contribution < -0.4 is 5.32 Å². The topological polar surface area (TPSA) is 32.3 Å². The van der Waals surface area contributed by atoms with Gasteiger partial charge >= 0.3 is 0 Å². The maximum absolute atomic E-state index is 12.7. The van der Waals surface area contributed by atoms with Crippen LogP contribution in [0.5, 0.6) is 0 Å². The lowest BCUT2D eigenvalue weighted by Gasteiger charge is -2.35. The molecule has 3 rings (SSSR count). The summed E-state index contributed by atoms with van der Waals surface area (Å²) >= 11 is 0. The second-order valence-corrected chi connectivity index (χ2v) is 6.44. The van der Waals surface area contributed by atoms with Gasteiger partial charge < -0.3 is 10.2 Å². The van der Waals surface area contributed by atoms with E-state index in [1.165, 1.54) is 25.7 Å². The molecule has 0 aromatic carbocycles. The summed E-state index contributed by atoms with van der Waals surface area (Å²) < 4.78 is 0. The molecule has 1 amide bonds. The Kier molecular flexibility index (Phi) is 2.89. The highest BCUT2D eigenvalue weighted by molar-refractivity contribution is 5.82. The normalized spacial score (nSPS) is 35.9. The van der Waals surface area contributed by atoms with E-state index < -0.39 is 0 Å². The van der Waals surface area contributed by atoms with E-state index >= 15 is 0 Å². The van der Waals surface area contributed by atoms with Gasteiger partial charge in [0, 0.05) is 24.5 Å². The molecule has 2 aliphatic heterocycles. The van der Waals surface area contributed by atoms with Crippen molar-refractivity contribution in [2.24, 2.45) is 11.3 Å². The minimum absolute atomic E-state index is 0.0448. The van der Waals surface area contributed by atoms with Crippen molar-refractivity contribution in [1.82, 2.24) is 10.2 Å². The molecule has 0 radical (unpaired) electrons. The first-order chi connectivity index (χ1) is 8.19. The standard InChI is InChI=1S/C14H24N2O/c1-14(6-3-2-4-7-14)13(17)16-9-11-5-8-15-12(11)10-16/h11-12,15H,2-10H2,1H3/t11-,12+/m0/s1. The van der Waals surface area contributed by atoms with Gasteiger partial charge in [0.2, 0.25) is 5.91 Å². The van der Waals surface area contributed by atoms with Crippen molar-refractivity contribution in [2.45, 2.75) is 51.5 Å². The summed E-state index contributed by atoms with van der Waals surface area (Å²) in [6.07, 6.45) is 7.25. The van der Waals surface area contributed by atoms with Crippen molar-refractivity contribution in [3.05, 3.63) is 0 Å². The zero-order chi connectivity index (χ0) is 11.9. The molecule has 2 heterocycles. The van der Waals surface area contributed by atoms with Crippen LogP contribution in [0.25, 0.3) is 0 Å². The van der Waals surface area contributed by atoms with E-state index in [9.17, 15) is 4.79 Å². The van der Waals surface area contributed by atoms with Gasteiger partial charge in [-0.3, -0.25) is 4.79 Å². The molecule has 0 bridgehead atoms. The SMILES string of the molecule is CC1(C(=O)N2C[C@@H]3CCN[C@@H]3C2)CCCCC1. The predicted molar refractivity (Wildman–Crippen MR) is 67.7 cm³/mol. The monoisotopic (exact) mass is 236 g/mol. The maximum atomic E-state index is 12.7. The van der Waals surface area contributed by atoms with Gasteiger partial charge in [0.05, 0.1) is 0 Å². The lowest BCUT2D eigenvalue weighted by atomic mass is 9.74. The van der Waals surface area contributed by atoms with Crippen LogP contribution in [0.1, 0.15) is 45.4 Å². The van der Waals surface area contributed by atoms with Gasteiger partial charge in [-0.25, -0.2) is 0 Å². The third-order valence-electron chi connectivity index (χ3n) is 5.12. The van der Waals surface area contributed by atoms with Crippen molar-refractivity contribution in [1.29, 1.82) is 0 Å². The van der Waals surface area contributed by atoms with Crippen molar-refractivity contribution in [2.75, 3.05) is 19.6 Å². The fourth-order valence-electron chi connectivity index (χ4n) is 3.94. The van der Waals surface area contributed by atoms with Crippen LogP contribution in [0.3, 0.4) is 0 Å². The Labute approximate surface area is 104 Å². The molecule has 2 atom stereocenters. The van der Waals surface area contributed by atoms with E-state index in [2.05, 4.69) is 17.1 Å². The highest BCUT2D eigenvalue weighted by Gasteiger charge is 2.43. The Bertz CT molecular complexity index is 297. The maximum Gasteiger partial charge on any atom is 0.228 e. The summed E-state index contributed by atoms with van der Waals surface area (Å²) in [7, 11) is 0. The summed E-state index contributed by atoms with van der Waals surface area (Å²) in [5.41, 5.74) is -0.0448. The van der Waals surface area contributed by atoms with E-state index in [-0.39, 0.29) is 5.41 Å². The van der Waals surface area contributed by atoms with Crippen LogP contribution in [0.2, 0.25) is 0 Å². The quantitative estimate of drug-likeness (QED) is 0.752. The Morgan fingerprint density at radius 1 is 1.24 bits per heavy atom. The molecule has 3 fully saturated rings. The van der Waals surface area contributed by atoms with Crippen LogP contribution in [0.4, 0.5) is 0 Å². The average molecular weight is 236 g/mol. The number of nitrogens with one attached hydrogen (secondary N) is 1.